The lowest BCUT2D eigenvalue weighted by Gasteiger charge is -2.16. The van der Waals surface area contributed by atoms with Gasteiger partial charge in [-0.05, 0) is 18.6 Å². The molecule has 0 aromatic heterocycles. The Hall–Kier alpha value is -1.67. The van der Waals surface area contributed by atoms with E-state index in [1.165, 1.54) is 32.3 Å². The molecular weight excluding hydrogens is 270 g/mol. The molecule has 0 unspecified atom stereocenters. The molecule has 1 N–H and O–H groups in total. The van der Waals surface area contributed by atoms with Crippen molar-refractivity contribution < 1.29 is 13.3 Å². The molecule has 0 spiro atoms. The van der Waals surface area contributed by atoms with E-state index in [0.29, 0.717) is 13.0 Å². The lowest BCUT2D eigenvalue weighted by Crippen LogP contribution is -2.28. The highest BCUT2D eigenvalue weighted by Gasteiger charge is 2.31. The highest BCUT2D eigenvalue weighted by Crippen LogP contribution is 2.33. The fourth-order valence-electron chi connectivity index (χ4n) is 1.72. The first kappa shape index (κ1) is 15.4. The maximum absolute atomic E-state index is 12.3. The second-order valence-electron chi connectivity index (χ2n) is 3.99. The van der Waals surface area contributed by atoms with E-state index < -0.39 is 20.6 Å². The lowest BCUT2D eigenvalue weighted by molar-refractivity contribution is -0.386. The summed E-state index contributed by atoms with van der Waals surface area (Å²) < 4.78 is 25.7. The van der Waals surface area contributed by atoms with Crippen LogP contribution in [0.1, 0.15) is 13.3 Å². The fourth-order valence-corrected chi connectivity index (χ4v) is 3.16. The van der Waals surface area contributed by atoms with Gasteiger partial charge in [-0.1, -0.05) is 13.0 Å². The van der Waals surface area contributed by atoms with Crippen LogP contribution in [0.2, 0.25) is 0 Å². The molecule has 0 heterocycles. The van der Waals surface area contributed by atoms with Crippen molar-refractivity contribution in [2.45, 2.75) is 18.2 Å². The number of nitrogens with zero attached hydrogens (tertiary/aromatic N) is 2. The van der Waals surface area contributed by atoms with Gasteiger partial charge in [-0.3, -0.25) is 10.1 Å². The molecule has 0 saturated carbocycles. The number of hydrogen-bond acceptors (Lipinski definition) is 5. The van der Waals surface area contributed by atoms with Gasteiger partial charge in [0.25, 0.3) is 0 Å². The van der Waals surface area contributed by atoms with Crippen LogP contribution in [-0.4, -0.2) is 38.3 Å². The van der Waals surface area contributed by atoms with Crippen LogP contribution >= 0.6 is 0 Å². The summed E-state index contributed by atoms with van der Waals surface area (Å²) in [6.07, 6.45) is 0.634. The molecule has 0 fully saturated rings. The highest BCUT2D eigenvalue weighted by molar-refractivity contribution is 7.89. The molecule has 7 nitrogen and oxygen atoms in total. The second-order valence-corrected chi connectivity index (χ2v) is 6.00. The number of rotatable bonds is 6. The van der Waals surface area contributed by atoms with Gasteiger partial charge in [-0.2, -0.15) is 0 Å². The number of nitro benzene ring substituents is 1. The minimum atomic E-state index is -3.86. The van der Waals surface area contributed by atoms with Crippen LogP contribution in [0.15, 0.2) is 23.1 Å². The molecule has 8 heteroatoms. The van der Waals surface area contributed by atoms with Gasteiger partial charge in [-0.25, -0.2) is 12.7 Å². The predicted octanol–water partition coefficient (Wildman–Crippen LogP) is 1.67. The van der Waals surface area contributed by atoms with E-state index in [9.17, 15) is 18.5 Å². The van der Waals surface area contributed by atoms with Crippen molar-refractivity contribution in [3.8, 4) is 0 Å². The molecule has 0 aliphatic heterocycles. The van der Waals surface area contributed by atoms with Gasteiger partial charge in [0, 0.05) is 20.6 Å². The topological polar surface area (TPSA) is 92.6 Å². The van der Waals surface area contributed by atoms with E-state index in [4.69, 9.17) is 0 Å². The summed E-state index contributed by atoms with van der Waals surface area (Å²) in [6, 6.07) is 4.20. The Labute approximate surface area is 112 Å². The van der Waals surface area contributed by atoms with E-state index >= 15 is 0 Å². The van der Waals surface area contributed by atoms with Gasteiger partial charge in [0.1, 0.15) is 5.69 Å². The Morgan fingerprint density at radius 3 is 2.53 bits per heavy atom. The van der Waals surface area contributed by atoms with Crippen LogP contribution in [0.3, 0.4) is 0 Å². The largest absolute Gasteiger partial charge is 0.383 e. The van der Waals surface area contributed by atoms with Crippen molar-refractivity contribution in [3.05, 3.63) is 28.3 Å². The normalized spacial score (nSPS) is 11.6. The van der Waals surface area contributed by atoms with Crippen LogP contribution in [0, 0.1) is 10.1 Å². The van der Waals surface area contributed by atoms with Crippen LogP contribution in [0.4, 0.5) is 11.4 Å². The zero-order valence-corrected chi connectivity index (χ0v) is 11.9. The molecule has 1 aromatic carbocycles. The van der Waals surface area contributed by atoms with Crippen molar-refractivity contribution >= 4 is 21.4 Å². The number of benzene rings is 1. The minimum absolute atomic E-state index is 0.177. The monoisotopic (exact) mass is 287 g/mol. The summed E-state index contributed by atoms with van der Waals surface area (Å²) in [7, 11) is -0.938. The third-order valence-electron chi connectivity index (χ3n) is 2.68. The number of para-hydroxylation sites is 1. The zero-order valence-electron chi connectivity index (χ0n) is 11.1. The van der Waals surface area contributed by atoms with Crippen molar-refractivity contribution in [2.75, 3.05) is 26.0 Å². The van der Waals surface area contributed by atoms with Gasteiger partial charge in [-0.15, -0.1) is 0 Å². The average molecular weight is 287 g/mol. The van der Waals surface area contributed by atoms with E-state index in [1.807, 2.05) is 6.92 Å². The number of sulfonamides is 1. The first-order valence-corrected chi connectivity index (χ1v) is 7.21. The summed E-state index contributed by atoms with van der Waals surface area (Å²) in [5, 5.41) is 13.7. The summed E-state index contributed by atoms with van der Waals surface area (Å²) >= 11 is 0. The molecule has 0 aliphatic rings. The van der Waals surface area contributed by atoms with Crippen molar-refractivity contribution in [1.82, 2.24) is 4.31 Å². The quantitative estimate of drug-likeness (QED) is 0.634. The summed E-state index contributed by atoms with van der Waals surface area (Å²) in [4.78, 5) is 10.1. The summed E-state index contributed by atoms with van der Waals surface area (Å²) in [5.74, 6) is 0. The molecule has 0 saturated heterocycles. The SMILES string of the molecule is CCCN(C)S(=O)(=O)c1cccc(NC)c1[N+](=O)[O-]. The minimum Gasteiger partial charge on any atom is -0.383 e. The zero-order chi connectivity index (χ0) is 14.6. The van der Waals surface area contributed by atoms with Gasteiger partial charge < -0.3 is 5.32 Å². The molecule has 0 atom stereocenters. The Balaban J connectivity index is 3.46. The maximum Gasteiger partial charge on any atom is 0.312 e. The fraction of sp³-hybridized carbons (Fsp3) is 0.455. The first-order valence-electron chi connectivity index (χ1n) is 5.77. The van der Waals surface area contributed by atoms with Gasteiger partial charge in [0.2, 0.25) is 10.0 Å². The van der Waals surface area contributed by atoms with E-state index in [0.717, 1.165) is 4.31 Å². The molecule has 1 aromatic rings. The molecule has 19 heavy (non-hydrogen) atoms. The molecule has 106 valence electrons. The van der Waals surface area contributed by atoms with Crippen LogP contribution in [-0.2, 0) is 10.0 Å². The summed E-state index contributed by atoms with van der Waals surface area (Å²) in [6.45, 7) is 2.15. The maximum atomic E-state index is 12.3. The summed E-state index contributed by atoms with van der Waals surface area (Å²) in [5.41, 5.74) is -0.246. The lowest BCUT2D eigenvalue weighted by atomic mass is 10.3. The molecule has 1 rings (SSSR count). The van der Waals surface area contributed by atoms with Gasteiger partial charge in [0.15, 0.2) is 4.90 Å². The van der Waals surface area contributed by atoms with Crippen molar-refractivity contribution in [1.29, 1.82) is 0 Å². The number of anilines is 1. The highest BCUT2D eigenvalue weighted by atomic mass is 32.2. The van der Waals surface area contributed by atoms with Crippen molar-refractivity contribution in [2.24, 2.45) is 0 Å². The van der Waals surface area contributed by atoms with Crippen LogP contribution in [0.25, 0.3) is 0 Å². The van der Waals surface area contributed by atoms with Crippen LogP contribution < -0.4 is 5.32 Å². The first-order chi connectivity index (χ1) is 8.86. The number of hydrogen-bond donors (Lipinski definition) is 1. The second kappa shape index (κ2) is 5.98. The standard InChI is InChI=1S/C11H17N3O4S/c1-4-8-13(3)19(17,18)10-7-5-6-9(12-2)11(10)14(15)16/h5-7,12H,4,8H2,1-3H3. The van der Waals surface area contributed by atoms with E-state index in [2.05, 4.69) is 5.32 Å². The predicted molar refractivity (Wildman–Crippen MR) is 72.7 cm³/mol. The molecule has 0 radical (unpaired) electrons. The Kier molecular flexibility index (Phi) is 4.84. The molecule has 0 amide bonds. The van der Waals surface area contributed by atoms with Crippen LogP contribution in [0.5, 0.6) is 0 Å². The van der Waals surface area contributed by atoms with Crippen molar-refractivity contribution in [3.63, 3.8) is 0 Å². The van der Waals surface area contributed by atoms with E-state index in [-0.39, 0.29) is 10.6 Å². The average Bonchev–Trinajstić information content (AvgIpc) is 2.37. The number of nitrogens with one attached hydrogen (secondary N) is 1. The van der Waals surface area contributed by atoms with E-state index in [1.54, 1.807) is 0 Å². The number of nitro groups is 1. The Morgan fingerprint density at radius 1 is 1.42 bits per heavy atom. The van der Waals surface area contributed by atoms with Gasteiger partial charge in [0.05, 0.1) is 4.92 Å². The van der Waals surface area contributed by atoms with Gasteiger partial charge >= 0.3 is 5.69 Å². The third kappa shape index (κ3) is 3.02. The Morgan fingerprint density at radius 2 is 2.05 bits per heavy atom. The third-order valence-corrected chi connectivity index (χ3v) is 4.57. The molecule has 0 aliphatic carbocycles. The molecule has 0 bridgehead atoms. The smallest absolute Gasteiger partial charge is 0.312 e. The Bertz CT molecular complexity index is 571. The molecular formula is C11H17N3O4S.